The Balaban J connectivity index is 2.06. The Morgan fingerprint density at radius 2 is 1.82 bits per heavy atom. The Morgan fingerprint density at radius 1 is 1.14 bits per heavy atom. The largest absolute Gasteiger partial charge is 0.320 e. The number of carbonyl (C=O) groups is 1. The number of amides is 1. The van der Waals surface area contributed by atoms with Crippen LogP contribution >= 0.6 is 31.9 Å². The van der Waals surface area contributed by atoms with Crippen LogP contribution in [0.25, 0.3) is 11.6 Å². The van der Waals surface area contributed by atoms with Gasteiger partial charge in [0.25, 0.3) is 11.6 Å². The second-order valence-corrected chi connectivity index (χ2v) is 6.44. The lowest BCUT2D eigenvalue weighted by Crippen LogP contribution is -2.03. The van der Waals surface area contributed by atoms with Crippen molar-refractivity contribution in [1.29, 1.82) is 0 Å². The number of fused-ring (bicyclic) bond motifs is 1. The summed E-state index contributed by atoms with van der Waals surface area (Å²) in [5, 5.41) is 13.5. The molecule has 0 aliphatic carbocycles. The maximum atomic E-state index is 12.2. The number of benzene rings is 2. The minimum Gasteiger partial charge on any atom is -0.320 e. The van der Waals surface area contributed by atoms with E-state index in [9.17, 15) is 14.9 Å². The SMILES string of the molecule is O=C1Nc2c(Br)cc(Br)cc2C1=Cc1ccc([N+](=O)[O-])cc1. The summed E-state index contributed by atoms with van der Waals surface area (Å²) in [6, 6.07) is 9.77. The first-order chi connectivity index (χ1) is 10.5. The predicted molar refractivity (Wildman–Crippen MR) is 91.4 cm³/mol. The molecule has 2 aromatic carbocycles. The number of rotatable bonds is 2. The molecular weight excluding hydrogens is 416 g/mol. The number of hydrogen-bond donors (Lipinski definition) is 1. The Morgan fingerprint density at radius 3 is 2.45 bits per heavy atom. The number of anilines is 1. The summed E-state index contributed by atoms with van der Waals surface area (Å²) in [4.78, 5) is 22.4. The highest BCUT2D eigenvalue weighted by molar-refractivity contribution is 9.11. The van der Waals surface area contributed by atoms with Crippen LogP contribution in [0.15, 0.2) is 45.3 Å². The monoisotopic (exact) mass is 422 g/mol. The highest BCUT2D eigenvalue weighted by atomic mass is 79.9. The molecule has 0 bridgehead atoms. The molecule has 0 unspecified atom stereocenters. The molecule has 0 fully saturated rings. The fourth-order valence-electron chi connectivity index (χ4n) is 2.22. The number of carbonyl (C=O) groups excluding carboxylic acids is 1. The van der Waals surface area contributed by atoms with E-state index in [1.165, 1.54) is 12.1 Å². The number of halogens is 2. The van der Waals surface area contributed by atoms with E-state index in [1.54, 1.807) is 18.2 Å². The van der Waals surface area contributed by atoms with Crippen LogP contribution in [0.1, 0.15) is 11.1 Å². The average Bonchev–Trinajstić information content (AvgIpc) is 2.77. The van der Waals surface area contributed by atoms with Gasteiger partial charge in [-0.05, 0) is 51.8 Å². The van der Waals surface area contributed by atoms with E-state index in [-0.39, 0.29) is 11.6 Å². The van der Waals surface area contributed by atoms with Crippen molar-refractivity contribution in [3.8, 4) is 0 Å². The summed E-state index contributed by atoms with van der Waals surface area (Å²) < 4.78 is 1.64. The molecular formula is C15H8Br2N2O3. The second-order valence-electron chi connectivity index (χ2n) is 4.67. The maximum absolute atomic E-state index is 12.2. The summed E-state index contributed by atoms with van der Waals surface area (Å²) in [7, 11) is 0. The van der Waals surface area contributed by atoms with E-state index in [2.05, 4.69) is 37.2 Å². The number of nitrogens with zero attached hydrogens (tertiary/aromatic N) is 1. The van der Waals surface area contributed by atoms with Gasteiger partial charge >= 0.3 is 0 Å². The van der Waals surface area contributed by atoms with Gasteiger partial charge in [-0.3, -0.25) is 14.9 Å². The number of nitro benzene ring substituents is 1. The van der Waals surface area contributed by atoms with Crippen molar-refractivity contribution in [2.45, 2.75) is 0 Å². The lowest BCUT2D eigenvalue weighted by molar-refractivity contribution is -0.384. The smallest absolute Gasteiger partial charge is 0.269 e. The van der Waals surface area contributed by atoms with E-state index in [4.69, 9.17) is 0 Å². The number of hydrogen-bond acceptors (Lipinski definition) is 3. The van der Waals surface area contributed by atoms with Gasteiger partial charge in [-0.1, -0.05) is 15.9 Å². The highest BCUT2D eigenvalue weighted by Crippen LogP contribution is 2.40. The third-order valence-electron chi connectivity index (χ3n) is 3.24. The number of nitrogens with one attached hydrogen (secondary N) is 1. The molecule has 22 heavy (non-hydrogen) atoms. The topological polar surface area (TPSA) is 72.2 Å². The van der Waals surface area contributed by atoms with Crippen LogP contribution in [0.4, 0.5) is 11.4 Å². The Kier molecular flexibility index (Phi) is 3.84. The highest BCUT2D eigenvalue weighted by Gasteiger charge is 2.26. The lowest BCUT2D eigenvalue weighted by atomic mass is 10.0. The number of non-ortho nitro benzene ring substituents is 1. The van der Waals surface area contributed by atoms with Crippen LogP contribution in [0, 0.1) is 10.1 Å². The predicted octanol–water partition coefficient (Wildman–Crippen LogP) is 4.61. The van der Waals surface area contributed by atoms with Crippen LogP contribution in [0.5, 0.6) is 0 Å². The van der Waals surface area contributed by atoms with Crippen molar-refractivity contribution in [1.82, 2.24) is 0 Å². The molecule has 1 amide bonds. The van der Waals surface area contributed by atoms with E-state index >= 15 is 0 Å². The molecule has 3 rings (SSSR count). The third-order valence-corrected chi connectivity index (χ3v) is 4.33. The van der Waals surface area contributed by atoms with Gasteiger partial charge in [0.05, 0.1) is 10.6 Å². The molecule has 1 aliphatic heterocycles. The van der Waals surface area contributed by atoms with Crippen LogP contribution in [-0.4, -0.2) is 10.8 Å². The standard InChI is InChI=1S/C15H8Br2N2O3/c16-9-6-11-12(15(20)18-14(11)13(17)7-9)5-8-1-3-10(4-2-8)19(21)22/h1-7H,(H,18,20). The molecule has 7 heteroatoms. The number of nitro groups is 1. The van der Waals surface area contributed by atoms with Crippen LogP contribution in [0.2, 0.25) is 0 Å². The lowest BCUT2D eigenvalue weighted by Gasteiger charge is -2.02. The summed E-state index contributed by atoms with van der Waals surface area (Å²) in [6.45, 7) is 0. The molecule has 1 N–H and O–H groups in total. The zero-order valence-corrected chi connectivity index (χ0v) is 14.1. The minimum absolute atomic E-state index is 0.0175. The Labute approximate surface area is 142 Å². The molecule has 0 saturated heterocycles. The molecule has 0 saturated carbocycles. The molecule has 5 nitrogen and oxygen atoms in total. The zero-order valence-electron chi connectivity index (χ0n) is 11.0. The first kappa shape index (κ1) is 14.9. The average molecular weight is 424 g/mol. The molecule has 110 valence electrons. The normalized spacial score (nSPS) is 14.8. The van der Waals surface area contributed by atoms with Gasteiger partial charge in [-0.15, -0.1) is 0 Å². The van der Waals surface area contributed by atoms with Gasteiger partial charge in [-0.25, -0.2) is 0 Å². The van der Waals surface area contributed by atoms with Gasteiger partial charge in [0.1, 0.15) is 0 Å². The van der Waals surface area contributed by atoms with Crippen molar-refractivity contribution in [2.24, 2.45) is 0 Å². The van der Waals surface area contributed by atoms with Gasteiger partial charge in [0, 0.05) is 32.2 Å². The van der Waals surface area contributed by atoms with Gasteiger partial charge in [-0.2, -0.15) is 0 Å². The molecule has 0 radical (unpaired) electrons. The first-order valence-corrected chi connectivity index (χ1v) is 7.81. The van der Waals surface area contributed by atoms with Crippen LogP contribution in [0.3, 0.4) is 0 Å². The third kappa shape index (κ3) is 2.69. The van der Waals surface area contributed by atoms with Gasteiger partial charge in [0.15, 0.2) is 0 Å². The van der Waals surface area contributed by atoms with Crippen molar-refractivity contribution >= 4 is 60.8 Å². The fourth-order valence-corrected chi connectivity index (χ4v) is 3.54. The van der Waals surface area contributed by atoms with Gasteiger partial charge in [0.2, 0.25) is 0 Å². The quantitative estimate of drug-likeness (QED) is 0.435. The van der Waals surface area contributed by atoms with E-state index in [0.29, 0.717) is 5.57 Å². The molecule has 1 aliphatic rings. The summed E-state index contributed by atoms with van der Waals surface area (Å²) in [6.07, 6.45) is 1.71. The maximum Gasteiger partial charge on any atom is 0.269 e. The molecule has 2 aromatic rings. The Bertz CT molecular complexity index is 829. The van der Waals surface area contributed by atoms with E-state index in [0.717, 1.165) is 25.8 Å². The summed E-state index contributed by atoms with van der Waals surface area (Å²) in [5.41, 5.74) is 2.76. The summed E-state index contributed by atoms with van der Waals surface area (Å²) in [5.74, 6) is -0.202. The molecule has 0 spiro atoms. The first-order valence-electron chi connectivity index (χ1n) is 6.22. The Hall–Kier alpha value is -1.99. The van der Waals surface area contributed by atoms with Crippen LogP contribution in [-0.2, 0) is 4.79 Å². The van der Waals surface area contributed by atoms with E-state index < -0.39 is 4.92 Å². The second kappa shape index (κ2) is 5.66. The van der Waals surface area contributed by atoms with Crippen molar-refractivity contribution in [2.75, 3.05) is 5.32 Å². The fraction of sp³-hybridized carbons (Fsp3) is 0. The minimum atomic E-state index is -0.456. The molecule has 0 aromatic heterocycles. The van der Waals surface area contributed by atoms with Gasteiger partial charge < -0.3 is 5.32 Å². The summed E-state index contributed by atoms with van der Waals surface area (Å²) >= 11 is 6.82. The van der Waals surface area contributed by atoms with Crippen molar-refractivity contribution in [3.63, 3.8) is 0 Å². The molecule has 1 heterocycles. The molecule has 0 atom stereocenters. The van der Waals surface area contributed by atoms with E-state index in [1.807, 2.05) is 12.1 Å². The van der Waals surface area contributed by atoms with Crippen molar-refractivity contribution in [3.05, 3.63) is 66.6 Å². The zero-order chi connectivity index (χ0) is 15.9. The van der Waals surface area contributed by atoms with Crippen LogP contribution < -0.4 is 5.32 Å². The van der Waals surface area contributed by atoms with Crippen molar-refractivity contribution < 1.29 is 9.72 Å².